The Morgan fingerprint density at radius 1 is 1.07 bits per heavy atom. The van der Waals surface area contributed by atoms with Gasteiger partial charge in [-0.25, -0.2) is 0 Å². The van der Waals surface area contributed by atoms with Crippen molar-refractivity contribution >= 4 is 36.1 Å². The number of nitrogens with zero attached hydrogens (tertiary/aromatic N) is 1. The van der Waals surface area contributed by atoms with Gasteiger partial charge in [0.25, 0.3) is 0 Å². The quantitative estimate of drug-likeness (QED) is 0.316. The maximum atomic E-state index is 13.1. The number of piperidine rings is 1. The third kappa shape index (κ3) is 8.62. The van der Waals surface area contributed by atoms with Crippen molar-refractivity contribution in [3.63, 3.8) is 0 Å². The Hall–Kier alpha value is -3.33. The molecule has 0 saturated carbocycles. The Morgan fingerprint density at radius 3 is 2.42 bits per heavy atom. The van der Waals surface area contributed by atoms with Gasteiger partial charge in [0.05, 0.1) is 6.61 Å². The monoisotopic (exact) mass is 607 g/mol. The first-order valence-corrected chi connectivity index (χ1v) is 15.9. The minimum absolute atomic E-state index is 0.0642. The molecule has 2 aromatic carbocycles. The van der Waals surface area contributed by atoms with E-state index in [2.05, 4.69) is 47.5 Å². The number of ketones is 1. The van der Waals surface area contributed by atoms with E-state index in [1.54, 1.807) is 4.90 Å². The topological polar surface area (TPSA) is 105 Å². The molecule has 0 spiro atoms. The fourth-order valence-electron chi connectivity index (χ4n) is 6.23. The molecule has 2 aromatic rings. The maximum absolute atomic E-state index is 13.1. The molecule has 232 valence electrons. The van der Waals surface area contributed by atoms with Crippen molar-refractivity contribution in [1.82, 2.24) is 15.5 Å². The summed E-state index contributed by atoms with van der Waals surface area (Å²) in [5.74, 6) is 0.463. The molecule has 1 saturated heterocycles. The number of benzene rings is 2. The van der Waals surface area contributed by atoms with E-state index in [9.17, 15) is 19.2 Å². The zero-order valence-corrected chi connectivity index (χ0v) is 26.6. The summed E-state index contributed by atoms with van der Waals surface area (Å²) in [6.07, 6.45) is 4.53. The Morgan fingerprint density at radius 2 is 1.77 bits per heavy atom. The number of aryl methyl sites for hydroxylation is 1. The van der Waals surface area contributed by atoms with Gasteiger partial charge in [0.1, 0.15) is 17.0 Å². The van der Waals surface area contributed by atoms with E-state index in [0.29, 0.717) is 32.2 Å². The predicted octanol–water partition coefficient (Wildman–Crippen LogP) is 4.06. The van der Waals surface area contributed by atoms with Gasteiger partial charge in [-0.15, -0.1) is 0 Å². The Balaban J connectivity index is 1.24. The molecule has 8 nitrogen and oxygen atoms in total. The highest BCUT2D eigenvalue weighted by atomic mass is 32.1. The number of amides is 3. The first kappa shape index (κ1) is 32.6. The SMILES string of the molecule is CC(=O)N[C@H](C(C)=O)C(S)C(=O)N1CCCC(CCOc2ccc(C)c(CNC(=O)[C@@H](C)C3Cc4ccccc4C3)c2)C1. The van der Waals surface area contributed by atoms with Gasteiger partial charge < -0.3 is 20.3 Å². The molecule has 2 unspecified atom stereocenters. The fourth-order valence-corrected chi connectivity index (χ4v) is 6.68. The lowest BCUT2D eigenvalue weighted by Crippen LogP contribution is -2.53. The van der Waals surface area contributed by atoms with E-state index >= 15 is 0 Å². The smallest absolute Gasteiger partial charge is 0.238 e. The summed E-state index contributed by atoms with van der Waals surface area (Å²) < 4.78 is 6.11. The average Bonchev–Trinajstić information content (AvgIpc) is 3.43. The second kappa shape index (κ2) is 14.9. The van der Waals surface area contributed by atoms with Gasteiger partial charge in [0.15, 0.2) is 5.78 Å². The molecule has 4 atom stereocenters. The van der Waals surface area contributed by atoms with Gasteiger partial charge in [-0.2, -0.15) is 12.6 Å². The maximum Gasteiger partial charge on any atom is 0.238 e. The van der Waals surface area contributed by atoms with E-state index in [-0.39, 0.29) is 35.3 Å². The first-order valence-electron chi connectivity index (χ1n) is 15.3. The molecule has 1 heterocycles. The first-order chi connectivity index (χ1) is 20.5. The van der Waals surface area contributed by atoms with Gasteiger partial charge >= 0.3 is 0 Å². The molecule has 2 aliphatic rings. The lowest BCUT2D eigenvalue weighted by Gasteiger charge is -2.35. The van der Waals surface area contributed by atoms with Crippen molar-refractivity contribution in [2.45, 2.75) is 77.6 Å². The molecule has 1 aliphatic heterocycles. The lowest BCUT2D eigenvalue weighted by molar-refractivity contribution is -0.135. The van der Waals surface area contributed by atoms with Crippen LogP contribution in [-0.2, 0) is 38.6 Å². The number of ether oxygens (including phenoxy) is 1. The molecule has 0 bridgehead atoms. The highest BCUT2D eigenvalue weighted by Crippen LogP contribution is 2.31. The zero-order chi connectivity index (χ0) is 31.1. The number of hydrogen-bond acceptors (Lipinski definition) is 6. The molecular weight excluding hydrogens is 562 g/mol. The van der Waals surface area contributed by atoms with Gasteiger partial charge in [0, 0.05) is 32.5 Å². The average molecular weight is 608 g/mol. The number of carbonyl (C=O) groups is 4. The molecule has 4 rings (SSSR count). The van der Waals surface area contributed by atoms with Gasteiger partial charge in [-0.1, -0.05) is 37.3 Å². The Labute approximate surface area is 260 Å². The van der Waals surface area contributed by atoms with Crippen LogP contribution < -0.4 is 15.4 Å². The number of rotatable bonds is 12. The summed E-state index contributed by atoms with van der Waals surface area (Å²) >= 11 is 4.41. The normalized spacial score (nSPS) is 18.7. The number of carbonyl (C=O) groups excluding carboxylic acids is 4. The van der Waals surface area contributed by atoms with Crippen LogP contribution in [0.5, 0.6) is 5.75 Å². The number of Topliss-reactive ketones (excluding diaryl/α,β-unsaturated/α-hetero) is 1. The highest BCUT2D eigenvalue weighted by molar-refractivity contribution is 7.82. The number of fused-ring (bicyclic) bond motifs is 1. The largest absolute Gasteiger partial charge is 0.494 e. The van der Waals surface area contributed by atoms with Crippen molar-refractivity contribution in [2.24, 2.45) is 17.8 Å². The van der Waals surface area contributed by atoms with Gasteiger partial charge in [0.2, 0.25) is 17.7 Å². The van der Waals surface area contributed by atoms with Crippen LogP contribution in [0, 0.1) is 24.7 Å². The van der Waals surface area contributed by atoms with Crippen LogP contribution in [0.15, 0.2) is 42.5 Å². The summed E-state index contributed by atoms with van der Waals surface area (Å²) in [6, 6.07) is 13.5. The third-order valence-corrected chi connectivity index (χ3v) is 9.49. The fraction of sp³-hybridized carbons (Fsp3) is 0.529. The number of nitrogens with one attached hydrogen (secondary N) is 2. The molecule has 3 amide bonds. The summed E-state index contributed by atoms with van der Waals surface area (Å²) in [5.41, 5.74) is 4.84. The highest BCUT2D eigenvalue weighted by Gasteiger charge is 2.34. The van der Waals surface area contributed by atoms with E-state index in [0.717, 1.165) is 49.0 Å². The van der Waals surface area contributed by atoms with Crippen LogP contribution in [0.4, 0.5) is 0 Å². The number of thiol groups is 1. The van der Waals surface area contributed by atoms with Gasteiger partial charge in [-0.3, -0.25) is 19.2 Å². The van der Waals surface area contributed by atoms with Crippen molar-refractivity contribution < 1.29 is 23.9 Å². The second-order valence-corrected chi connectivity index (χ2v) is 12.8. The standard InChI is InChI=1S/C34H45N3O5S/c1-21-11-12-30(18-29(21)19-35-33(40)22(2)28-16-26-9-5-6-10-27(26)17-28)42-15-13-25-8-7-14-37(20-25)34(41)32(43)31(23(3)38)36-24(4)39/h5-6,9-12,18,22,25,28,31-32,43H,7-8,13-17,19-20H2,1-4H3,(H,35,40)(H,36,39)/t22-,25?,31+,32?/m0/s1. The second-order valence-electron chi connectivity index (χ2n) is 12.2. The van der Waals surface area contributed by atoms with Crippen molar-refractivity contribution in [1.29, 1.82) is 0 Å². The molecular formula is C34H45N3O5S. The molecule has 1 aliphatic carbocycles. The summed E-state index contributed by atoms with van der Waals surface area (Å²) in [6.45, 7) is 8.88. The number of likely N-dealkylation sites (tertiary alicyclic amines) is 1. The number of hydrogen-bond donors (Lipinski definition) is 3. The summed E-state index contributed by atoms with van der Waals surface area (Å²) in [7, 11) is 0. The molecule has 2 N–H and O–H groups in total. The van der Waals surface area contributed by atoms with Gasteiger partial charge in [-0.05, 0) is 92.2 Å². The van der Waals surface area contributed by atoms with Crippen LogP contribution in [0.2, 0.25) is 0 Å². The van der Waals surface area contributed by atoms with Crippen molar-refractivity contribution in [3.8, 4) is 5.75 Å². The molecule has 0 radical (unpaired) electrons. The van der Waals surface area contributed by atoms with Crippen LogP contribution in [-0.4, -0.2) is 59.4 Å². The molecule has 43 heavy (non-hydrogen) atoms. The Kier molecular flexibility index (Phi) is 11.3. The van der Waals surface area contributed by atoms with Crippen molar-refractivity contribution in [2.75, 3.05) is 19.7 Å². The van der Waals surface area contributed by atoms with E-state index < -0.39 is 11.3 Å². The van der Waals surface area contributed by atoms with E-state index in [1.807, 2.05) is 32.0 Å². The zero-order valence-electron chi connectivity index (χ0n) is 25.7. The van der Waals surface area contributed by atoms with Crippen LogP contribution in [0.3, 0.4) is 0 Å². The predicted molar refractivity (Wildman–Crippen MR) is 170 cm³/mol. The van der Waals surface area contributed by atoms with Crippen LogP contribution in [0.1, 0.15) is 62.3 Å². The summed E-state index contributed by atoms with van der Waals surface area (Å²) in [4.78, 5) is 51.4. The molecule has 9 heteroatoms. The van der Waals surface area contributed by atoms with Crippen LogP contribution in [0.25, 0.3) is 0 Å². The lowest BCUT2D eigenvalue weighted by atomic mass is 9.90. The molecule has 1 fully saturated rings. The Bertz CT molecular complexity index is 1310. The molecule has 0 aromatic heterocycles. The van der Waals surface area contributed by atoms with E-state index in [4.69, 9.17) is 4.74 Å². The summed E-state index contributed by atoms with van der Waals surface area (Å²) in [5, 5.41) is 4.78. The van der Waals surface area contributed by atoms with Crippen LogP contribution >= 0.6 is 12.6 Å². The minimum atomic E-state index is -0.944. The van der Waals surface area contributed by atoms with Crippen molar-refractivity contribution in [3.05, 3.63) is 64.7 Å². The minimum Gasteiger partial charge on any atom is -0.494 e. The van der Waals surface area contributed by atoms with E-state index in [1.165, 1.54) is 25.0 Å². The third-order valence-electron chi connectivity index (χ3n) is 8.97.